The number of likely N-dealkylation sites (N-methyl/N-ethyl adjacent to an activating group) is 1. The van der Waals surface area contributed by atoms with Crippen LogP contribution in [-0.4, -0.2) is 48.0 Å². The molecule has 3 aromatic carbocycles. The fourth-order valence-electron chi connectivity index (χ4n) is 3.21. The van der Waals surface area contributed by atoms with Gasteiger partial charge in [0.2, 0.25) is 0 Å². The Bertz CT molecular complexity index is 1230. The largest absolute Gasteiger partial charge is 0.351 e. The van der Waals surface area contributed by atoms with E-state index in [0.29, 0.717) is 17.6 Å². The molecule has 0 aliphatic rings. The van der Waals surface area contributed by atoms with Crippen molar-refractivity contribution in [2.75, 3.05) is 27.2 Å². The zero-order chi connectivity index (χ0) is 19.0. The van der Waals surface area contributed by atoms with Crippen LogP contribution in [-0.2, 0) is 0 Å². The molecule has 1 amide bonds. The van der Waals surface area contributed by atoms with Crippen LogP contribution in [0.5, 0.6) is 0 Å². The van der Waals surface area contributed by atoms with Crippen molar-refractivity contribution in [3.63, 3.8) is 0 Å². The van der Waals surface area contributed by atoms with Crippen molar-refractivity contribution in [2.24, 2.45) is 0 Å². The molecule has 0 saturated heterocycles. The van der Waals surface area contributed by atoms with Crippen molar-refractivity contribution in [1.29, 1.82) is 0 Å². The van der Waals surface area contributed by atoms with Crippen molar-refractivity contribution in [3.05, 3.63) is 64.3 Å². The maximum Gasteiger partial charge on any atom is 0.253 e. The van der Waals surface area contributed by atoms with Crippen LogP contribution in [0.3, 0.4) is 0 Å². The standard InChI is InChI=1S/C21H20N4O2/c1-25(2)10-9-22-21(27)16-12-13-11-14(26)7-8-15(13)19-20(16)24-18-6-4-3-5-17(18)23-19/h3-8,11-12,23H,9-10H2,1-2H3,(H,22,27). The second kappa shape index (κ2) is 6.81. The van der Waals surface area contributed by atoms with Gasteiger partial charge in [0, 0.05) is 18.5 Å². The highest BCUT2D eigenvalue weighted by Crippen LogP contribution is 2.27. The molecule has 27 heavy (non-hydrogen) atoms. The lowest BCUT2D eigenvalue weighted by atomic mass is 10.0. The second-order valence-electron chi connectivity index (χ2n) is 6.84. The molecule has 0 spiro atoms. The number of aromatic nitrogens is 2. The SMILES string of the molecule is CN(C)CCNC(=O)c1cc2cc(=O)ccc2c2[nH]c3ccccc3nc12. The Morgan fingerprint density at radius 3 is 2.78 bits per heavy atom. The third kappa shape index (κ3) is 3.27. The fraction of sp³-hybridized carbons (Fsp3) is 0.190. The van der Waals surface area contributed by atoms with Gasteiger partial charge in [0.15, 0.2) is 5.43 Å². The summed E-state index contributed by atoms with van der Waals surface area (Å²) in [6, 6.07) is 14.3. The minimum absolute atomic E-state index is 0.0884. The van der Waals surface area contributed by atoms with Gasteiger partial charge in [-0.05, 0) is 55.9 Å². The highest BCUT2D eigenvalue weighted by Gasteiger charge is 2.16. The Labute approximate surface area is 155 Å². The number of carbonyl (C=O) groups excluding carboxylic acids is 1. The quantitative estimate of drug-likeness (QED) is 0.433. The number of para-hydroxylation sites is 2. The number of aromatic amines is 1. The summed E-state index contributed by atoms with van der Waals surface area (Å²) < 4.78 is 0. The van der Waals surface area contributed by atoms with Crippen LogP contribution in [0.1, 0.15) is 10.4 Å². The number of rotatable bonds is 4. The van der Waals surface area contributed by atoms with Crippen molar-refractivity contribution >= 4 is 38.7 Å². The third-order valence-corrected chi connectivity index (χ3v) is 4.57. The molecular weight excluding hydrogens is 340 g/mol. The van der Waals surface area contributed by atoms with E-state index in [9.17, 15) is 9.59 Å². The molecule has 0 saturated carbocycles. The normalized spacial score (nSPS) is 11.5. The van der Waals surface area contributed by atoms with Crippen LogP contribution in [0.2, 0.25) is 0 Å². The van der Waals surface area contributed by atoms with E-state index in [2.05, 4.69) is 10.3 Å². The highest BCUT2D eigenvalue weighted by atomic mass is 16.1. The first-order chi connectivity index (χ1) is 13.0. The first-order valence-electron chi connectivity index (χ1n) is 8.81. The summed E-state index contributed by atoms with van der Waals surface area (Å²) >= 11 is 0. The van der Waals surface area contributed by atoms with Crippen molar-refractivity contribution < 1.29 is 4.79 Å². The maximum absolute atomic E-state index is 12.8. The minimum atomic E-state index is -0.198. The summed E-state index contributed by atoms with van der Waals surface area (Å²) in [5, 5.41) is 4.53. The average molecular weight is 360 g/mol. The molecule has 0 aliphatic heterocycles. The summed E-state index contributed by atoms with van der Waals surface area (Å²) in [7, 11) is 3.91. The molecule has 0 aliphatic carbocycles. The summed E-state index contributed by atoms with van der Waals surface area (Å²) in [4.78, 5) is 34.8. The number of hydrogen-bond donors (Lipinski definition) is 2. The van der Waals surface area contributed by atoms with Gasteiger partial charge < -0.3 is 15.2 Å². The molecule has 1 aromatic heterocycles. The summed E-state index contributed by atoms with van der Waals surface area (Å²) in [6.07, 6.45) is 0. The number of benzene rings is 3. The molecule has 0 atom stereocenters. The van der Waals surface area contributed by atoms with Gasteiger partial charge in [0.1, 0.15) is 5.52 Å². The van der Waals surface area contributed by atoms with Gasteiger partial charge in [-0.1, -0.05) is 12.1 Å². The number of amides is 1. The van der Waals surface area contributed by atoms with Crippen LogP contribution in [0.15, 0.2) is 53.3 Å². The summed E-state index contributed by atoms with van der Waals surface area (Å²) in [5.41, 5.74) is 3.39. The van der Waals surface area contributed by atoms with Gasteiger partial charge in [-0.2, -0.15) is 0 Å². The molecule has 1 heterocycles. The number of fused-ring (bicyclic) bond motifs is 4. The molecule has 6 heteroatoms. The first kappa shape index (κ1) is 17.2. The number of nitrogens with one attached hydrogen (secondary N) is 2. The molecule has 4 rings (SSSR count). The molecule has 0 radical (unpaired) electrons. The van der Waals surface area contributed by atoms with Crippen LogP contribution in [0.25, 0.3) is 32.8 Å². The Hall–Kier alpha value is -3.25. The van der Waals surface area contributed by atoms with E-state index in [0.717, 1.165) is 33.9 Å². The Morgan fingerprint density at radius 1 is 1.15 bits per heavy atom. The predicted octanol–water partition coefficient (Wildman–Crippen LogP) is 2.52. The van der Waals surface area contributed by atoms with E-state index in [-0.39, 0.29) is 11.3 Å². The highest BCUT2D eigenvalue weighted by molar-refractivity contribution is 6.15. The van der Waals surface area contributed by atoms with Gasteiger partial charge in [-0.15, -0.1) is 0 Å². The molecule has 2 N–H and O–H groups in total. The number of nitrogens with zero attached hydrogens (tertiary/aromatic N) is 2. The topological polar surface area (TPSA) is 78.1 Å². The molecule has 6 nitrogen and oxygen atoms in total. The van der Waals surface area contributed by atoms with Crippen LogP contribution < -0.4 is 10.7 Å². The Balaban J connectivity index is 1.95. The molecule has 0 unspecified atom stereocenters. The fourth-order valence-corrected chi connectivity index (χ4v) is 3.21. The van der Waals surface area contributed by atoms with E-state index >= 15 is 0 Å². The molecular formula is C21H20N4O2. The average Bonchev–Trinajstić information content (AvgIpc) is 2.65. The maximum atomic E-state index is 12.8. The van der Waals surface area contributed by atoms with Gasteiger partial charge in [-0.3, -0.25) is 9.59 Å². The van der Waals surface area contributed by atoms with Crippen LogP contribution in [0.4, 0.5) is 0 Å². The number of H-pyrrole nitrogens is 1. The third-order valence-electron chi connectivity index (χ3n) is 4.57. The predicted molar refractivity (Wildman–Crippen MR) is 108 cm³/mol. The van der Waals surface area contributed by atoms with Crippen molar-refractivity contribution in [1.82, 2.24) is 20.2 Å². The van der Waals surface area contributed by atoms with Crippen LogP contribution >= 0.6 is 0 Å². The zero-order valence-corrected chi connectivity index (χ0v) is 15.2. The van der Waals surface area contributed by atoms with E-state index in [4.69, 9.17) is 4.98 Å². The Kier molecular flexibility index (Phi) is 4.33. The summed E-state index contributed by atoms with van der Waals surface area (Å²) in [5.74, 6) is -0.198. The van der Waals surface area contributed by atoms with Crippen molar-refractivity contribution in [2.45, 2.75) is 0 Å². The van der Waals surface area contributed by atoms with Crippen LogP contribution in [0, 0.1) is 0 Å². The lowest BCUT2D eigenvalue weighted by Gasteiger charge is -2.13. The lowest BCUT2D eigenvalue weighted by molar-refractivity contribution is 0.0952. The van der Waals surface area contributed by atoms with Gasteiger partial charge >= 0.3 is 0 Å². The second-order valence-corrected chi connectivity index (χ2v) is 6.84. The minimum Gasteiger partial charge on any atom is -0.351 e. The van der Waals surface area contributed by atoms with E-state index in [1.807, 2.05) is 43.3 Å². The molecule has 4 aromatic rings. The molecule has 0 fully saturated rings. The summed E-state index contributed by atoms with van der Waals surface area (Å²) in [6.45, 7) is 1.27. The van der Waals surface area contributed by atoms with Crippen molar-refractivity contribution in [3.8, 4) is 0 Å². The zero-order valence-electron chi connectivity index (χ0n) is 15.2. The molecule has 0 bridgehead atoms. The van der Waals surface area contributed by atoms with Gasteiger partial charge in [0.25, 0.3) is 5.91 Å². The molecule has 136 valence electrons. The lowest BCUT2D eigenvalue weighted by Crippen LogP contribution is -2.31. The monoisotopic (exact) mass is 360 g/mol. The van der Waals surface area contributed by atoms with E-state index in [1.54, 1.807) is 18.2 Å². The smallest absolute Gasteiger partial charge is 0.253 e. The number of carbonyl (C=O) groups is 1. The van der Waals surface area contributed by atoms with E-state index < -0.39 is 0 Å². The van der Waals surface area contributed by atoms with Gasteiger partial charge in [0.05, 0.1) is 22.1 Å². The number of hydrogen-bond acceptors (Lipinski definition) is 4. The van der Waals surface area contributed by atoms with E-state index in [1.165, 1.54) is 6.07 Å². The van der Waals surface area contributed by atoms with Gasteiger partial charge in [-0.25, -0.2) is 4.98 Å². The Morgan fingerprint density at radius 2 is 1.96 bits per heavy atom. The first-order valence-corrected chi connectivity index (χ1v) is 8.81.